The minimum Gasteiger partial charge on any atom is -0.356 e. The number of likely N-dealkylation sites (tertiary alicyclic amines) is 1. The van der Waals surface area contributed by atoms with Crippen LogP contribution in [0.25, 0.3) is 0 Å². The maximum atomic E-state index is 12.1. The molecule has 8 nitrogen and oxygen atoms in total. The summed E-state index contributed by atoms with van der Waals surface area (Å²) in [5, 5.41) is 9.45. The number of nitrogens with zero attached hydrogens (tertiary/aromatic N) is 2. The Balaban J connectivity index is 0.00000341. The Morgan fingerprint density at radius 2 is 1.94 bits per heavy atom. The first-order valence-corrected chi connectivity index (χ1v) is 12.4. The van der Waals surface area contributed by atoms with Crippen LogP contribution in [0.15, 0.2) is 35.3 Å². The summed E-state index contributed by atoms with van der Waals surface area (Å²) < 4.78 is 23.0. The largest absolute Gasteiger partial charge is 0.356 e. The van der Waals surface area contributed by atoms with E-state index in [0.29, 0.717) is 31.0 Å². The van der Waals surface area contributed by atoms with Gasteiger partial charge in [-0.1, -0.05) is 30.3 Å². The molecule has 0 saturated carbocycles. The van der Waals surface area contributed by atoms with Crippen LogP contribution in [0.1, 0.15) is 31.7 Å². The molecule has 1 amide bonds. The van der Waals surface area contributed by atoms with Crippen LogP contribution in [0.3, 0.4) is 0 Å². The second-order valence-corrected chi connectivity index (χ2v) is 10.5. The molecule has 31 heavy (non-hydrogen) atoms. The van der Waals surface area contributed by atoms with E-state index in [2.05, 4.69) is 57.0 Å². The summed E-state index contributed by atoms with van der Waals surface area (Å²) in [6.45, 7) is 4.56. The Labute approximate surface area is 202 Å². The molecular formula is C21H34IN5O3S. The van der Waals surface area contributed by atoms with Crippen LogP contribution in [0.4, 0.5) is 0 Å². The molecule has 2 saturated heterocycles. The third-order valence-corrected chi connectivity index (χ3v) is 7.51. The molecule has 3 unspecified atom stereocenters. The second kappa shape index (κ2) is 12.0. The van der Waals surface area contributed by atoms with Gasteiger partial charge in [-0.25, -0.2) is 8.42 Å². The number of hydrogen-bond donors (Lipinski definition) is 3. The number of amides is 1. The molecule has 3 atom stereocenters. The summed E-state index contributed by atoms with van der Waals surface area (Å²) in [4.78, 5) is 18.8. The van der Waals surface area contributed by atoms with Crippen LogP contribution < -0.4 is 16.0 Å². The first kappa shape index (κ1) is 25.9. The third-order valence-electron chi connectivity index (χ3n) is 5.74. The average Bonchev–Trinajstić information content (AvgIpc) is 3.22. The SMILES string of the molecule is CN=C(NCCC(=O)NC1CCS(=O)(=O)C1)NC1CC(C)N(Cc2ccccc2)C1.I. The first-order chi connectivity index (χ1) is 14.3. The number of halogens is 1. The standard InChI is InChI=1S/C21H33N5O3S.HI/c1-16-12-19(14-26(16)13-17-6-4-3-5-7-17)25-21(22-2)23-10-8-20(27)24-18-9-11-30(28,29)15-18;/h3-7,16,18-19H,8-15H2,1-2H3,(H,24,27)(H2,22,23,25);1H. The van der Waals surface area contributed by atoms with E-state index in [0.717, 1.165) is 19.5 Å². The van der Waals surface area contributed by atoms with Crippen molar-refractivity contribution in [1.82, 2.24) is 20.9 Å². The summed E-state index contributed by atoms with van der Waals surface area (Å²) in [7, 11) is -1.26. The van der Waals surface area contributed by atoms with E-state index in [1.54, 1.807) is 7.05 Å². The highest BCUT2D eigenvalue weighted by atomic mass is 127. The number of sulfone groups is 1. The normalized spacial score (nSPS) is 25.6. The zero-order valence-corrected chi connectivity index (χ0v) is 21.4. The molecule has 2 aliphatic heterocycles. The topological polar surface area (TPSA) is 103 Å². The lowest BCUT2D eigenvalue weighted by molar-refractivity contribution is -0.121. The highest BCUT2D eigenvalue weighted by Crippen LogP contribution is 2.20. The predicted molar refractivity (Wildman–Crippen MR) is 134 cm³/mol. The number of rotatable bonds is 7. The summed E-state index contributed by atoms with van der Waals surface area (Å²) >= 11 is 0. The third kappa shape index (κ3) is 8.23. The number of guanidine groups is 1. The summed E-state index contributed by atoms with van der Waals surface area (Å²) in [6.07, 6.45) is 1.81. The van der Waals surface area contributed by atoms with Crippen LogP contribution in [0, 0.1) is 0 Å². The molecule has 1 aromatic rings. The van der Waals surface area contributed by atoms with Crippen molar-refractivity contribution >= 4 is 45.7 Å². The van der Waals surface area contributed by atoms with Crippen molar-refractivity contribution in [1.29, 1.82) is 0 Å². The molecule has 2 heterocycles. The van der Waals surface area contributed by atoms with E-state index < -0.39 is 9.84 Å². The van der Waals surface area contributed by atoms with Gasteiger partial charge in [0.2, 0.25) is 5.91 Å². The van der Waals surface area contributed by atoms with Crippen molar-refractivity contribution in [3.8, 4) is 0 Å². The van der Waals surface area contributed by atoms with Gasteiger partial charge >= 0.3 is 0 Å². The number of hydrogen-bond acceptors (Lipinski definition) is 5. The maximum Gasteiger partial charge on any atom is 0.222 e. The van der Waals surface area contributed by atoms with E-state index in [-0.39, 0.29) is 53.9 Å². The van der Waals surface area contributed by atoms with E-state index in [4.69, 9.17) is 0 Å². The van der Waals surface area contributed by atoms with Crippen molar-refractivity contribution in [2.45, 2.75) is 50.9 Å². The van der Waals surface area contributed by atoms with Gasteiger partial charge in [-0.2, -0.15) is 0 Å². The monoisotopic (exact) mass is 563 g/mol. The first-order valence-electron chi connectivity index (χ1n) is 10.6. The van der Waals surface area contributed by atoms with Crippen LogP contribution in [-0.4, -0.2) is 75.0 Å². The Kier molecular flexibility index (Phi) is 10.0. The average molecular weight is 564 g/mol. The van der Waals surface area contributed by atoms with Gasteiger partial charge in [0, 0.05) is 51.2 Å². The molecule has 0 radical (unpaired) electrons. The molecule has 2 aliphatic rings. The quantitative estimate of drug-likeness (QED) is 0.261. The molecule has 0 spiro atoms. The minimum atomic E-state index is -2.99. The second-order valence-electron chi connectivity index (χ2n) is 8.26. The van der Waals surface area contributed by atoms with Gasteiger partial charge in [0.1, 0.15) is 0 Å². The highest BCUT2D eigenvalue weighted by Gasteiger charge is 2.30. The number of aliphatic imine (C=N–C) groups is 1. The van der Waals surface area contributed by atoms with Gasteiger partial charge in [-0.15, -0.1) is 24.0 Å². The van der Waals surface area contributed by atoms with E-state index in [9.17, 15) is 13.2 Å². The highest BCUT2D eigenvalue weighted by molar-refractivity contribution is 14.0. The van der Waals surface area contributed by atoms with Gasteiger partial charge in [0.05, 0.1) is 11.5 Å². The van der Waals surface area contributed by atoms with Crippen molar-refractivity contribution in [3.05, 3.63) is 35.9 Å². The predicted octanol–water partition coefficient (Wildman–Crippen LogP) is 1.13. The molecule has 1 aromatic carbocycles. The summed E-state index contributed by atoms with van der Waals surface area (Å²) in [5.74, 6) is 0.761. The lowest BCUT2D eigenvalue weighted by Gasteiger charge is -2.21. The maximum absolute atomic E-state index is 12.1. The number of carbonyl (C=O) groups is 1. The van der Waals surface area contributed by atoms with Crippen LogP contribution in [0.2, 0.25) is 0 Å². The van der Waals surface area contributed by atoms with Gasteiger partial charge in [0.25, 0.3) is 0 Å². The van der Waals surface area contributed by atoms with Gasteiger partial charge in [-0.05, 0) is 25.3 Å². The Morgan fingerprint density at radius 3 is 2.58 bits per heavy atom. The fraction of sp³-hybridized carbons (Fsp3) is 0.619. The fourth-order valence-corrected chi connectivity index (χ4v) is 5.81. The molecular weight excluding hydrogens is 529 g/mol. The molecule has 0 bridgehead atoms. The lowest BCUT2D eigenvalue weighted by atomic mass is 10.2. The van der Waals surface area contributed by atoms with Gasteiger partial charge < -0.3 is 16.0 Å². The van der Waals surface area contributed by atoms with Gasteiger partial charge in [0.15, 0.2) is 15.8 Å². The molecule has 0 aliphatic carbocycles. The number of nitrogens with one attached hydrogen (secondary N) is 3. The van der Waals surface area contributed by atoms with Crippen molar-refractivity contribution in [2.24, 2.45) is 4.99 Å². The van der Waals surface area contributed by atoms with Crippen molar-refractivity contribution < 1.29 is 13.2 Å². The van der Waals surface area contributed by atoms with Gasteiger partial charge in [-0.3, -0.25) is 14.7 Å². The summed E-state index contributed by atoms with van der Waals surface area (Å²) in [6, 6.07) is 11.0. The molecule has 10 heteroatoms. The Hall–Kier alpha value is -1.40. The van der Waals surface area contributed by atoms with Crippen LogP contribution >= 0.6 is 24.0 Å². The Bertz CT molecular complexity index is 850. The fourth-order valence-electron chi connectivity index (χ4n) is 4.13. The van der Waals surface area contributed by atoms with E-state index >= 15 is 0 Å². The van der Waals surface area contributed by atoms with E-state index in [1.807, 2.05) is 6.07 Å². The van der Waals surface area contributed by atoms with Crippen molar-refractivity contribution in [2.75, 3.05) is 31.6 Å². The molecule has 0 aromatic heterocycles. The zero-order chi connectivity index (χ0) is 21.6. The minimum absolute atomic E-state index is 0. The Morgan fingerprint density at radius 1 is 1.19 bits per heavy atom. The molecule has 2 fully saturated rings. The molecule has 3 rings (SSSR count). The molecule has 3 N–H and O–H groups in total. The molecule has 174 valence electrons. The number of carbonyl (C=O) groups excluding carboxylic acids is 1. The van der Waals surface area contributed by atoms with E-state index in [1.165, 1.54) is 5.56 Å². The van der Waals surface area contributed by atoms with Crippen LogP contribution in [0.5, 0.6) is 0 Å². The smallest absolute Gasteiger partial charge is 0.222 e. The summed E-state index contributed by atoms with van der Waals surface area (Å²) in [5.41, 5.74) is 1.31. The van der Waals surface area contributed by atoms with Crippen LogP contribution in [-0.2, 0) is 21.2 Å². The lowest BCUT2D eigenvalue weighted by Crippen LogP contribution is -2.45. The zero-order valence-electron chi connectivity index (χ0n) is 18.2. The van der Waals surface area contributed by atoms with Crippen molar-refractivity contribution in [3.63, 3.8) is 0 Å². The number of benzene rings is 1.